The van der Waals surface area contributed by atoms with Crippen LogP contribution in [0.3, 0.4) is 0 Å². The molecule has 0 aliphatic rings. The van der Waals surface area contributed by atoms with Crippen molar-refractivity contribution in [1.29, 1.82) is 0 Å². The Morgan fingerprint density at radius 2 is 1.92 bits per heavy atom. The fourth-order valence-electron chi connectivity index (χ4n) is 2.43. The fraction of sp³-hybridized carbons (Fsp3) is 0.211. The van der Waals surface area contributed by atoms with Crippen molar-refractivity contribution in [2.45, 2.75) is 20.0 Å². The number of halogens is 1. The Bertz CT molecular complexity index is 843. The van der Waals surface area contributed by atoms with E-state index in [1.165, 1.54) is 12.4 Å². The molecule has 2 aromatic carbocycles. The second kappa shape index (κ2) is 8.75. The van der Waals surface area contributed by atoms with Crippen LogP contribution in [0.25, 0.3) is 5.69 Å². The quantitative estimate of drug-likeness (QED) is 0.529. The van der Waals surface area contributed by atoms with Crippen LogP contribution in [0, 0.1) is 5.82 Å². The third-order valence-corrected chi connectivity index (χ3v) is 3.79. The Balaban J connectivity index is 1.62. The highest BCUT2D eigenvalue weighted by molar-refractivity contribution is 5.79. The largest absolute Gasteiger partial charge is 0.357 e. The predicted octanol–water partition coefficient (Wildman–Crippen LogP) is 2.66. The molecule has 7 heteroatoms. The Morgan fingerprint density at radius 3 is 2.62 bits per heavy atom. The van der Waals surface area contributed by atoms with E-state index < -0.39 is 0 Å². The van der Waals surface area contributed by atoms with E-state index in [1.54, 1.807) is 23.1 Å². The van der Waals surface area contributed by atoms with E-state index in [9.17, 15) is 4.39 Å². The summed E-state index contributed by atoms with van der Waals surface area (Å²) in [6, 6.07) is 14.7. The first-order valence-corrected chi connectivity index (χ1v) is 8.46. The summed E-state index contributed by atoms with van der Waals surface area (Å²) in [7, 11) is 0. The minimum Gasteiger partial charge on any atom is -0.357 e. The van der Waals surface area contributed by atoms with Gasteiger partial charge in [-0.25, -0.2) is 19.0 Å². The van der Waals surface area contributed by atoms with Gasteiger partial charge in [0.25, 0.3) is 0 Å². The molecule has 0 amide bonds. The zero-order chi connectivity index (χ0) is 18.2. The lowest BCUT2D eigenvalue weighted by molar-refractivity contribution is 0.604. The van der Waals surface area contributed by atoms with E-state index in [4.69, 9.17) is 0 Å². The third-order valence-electron chi connectivity index (χ3n) is 3.79. The van der Waals surface area contributed by atoms with Gasteiger partial charge in [-0.2, -0.15) is 5.10 Å². The summed E-state index contributed by atoms with van der Waals surface area (Å²) < 4.78 is 15.4. The molecule has 0 saturated heterocycles. The van der Waals surface area contributed by atoms with Gasteiger partial charge in [0.05, 0.1) is 12.2 Å². The van der Waals surface area contributed by atoms with Crippen molar-refractivity contribution in [3.8, 4) is 5.69 Å². The molecule has 6 nitrogen and oxygen atoms in total. The van der Waals surface area contributed by atoms with Crippen molar-refractivity contribution in [3.05, 3.63) is 78.1 Å². The Kier molecular flexibility index (Phi) is 5.92. The highest BCUT2D eigenvalue weighted by Gasteiger charge is 2.03. The van der Waals surface area contributed by atoms with Gasteiger partial charge >= 0.3 is 0 Å². The van der Waals surface area contributed by atoms with Crippen LogP contribution in [0.1, 0.15) is 18.1 Å². The molecule has 0 aliphatic carbocycles. The van der Waals surface area contributed by atoms with Crippen molar-refractivity contribution >= 4 is 5.96 Å². The van der Waals surface area contributed by atoms with Gasteiger partial charge in [0.2, 0.25) is 0 Å². The fourth-order valence-corrected chi connectivity index (χ4v) is 2.43. The van der Waals surface area contributed by atoms with Crippen LogP contribution in [-0.2, 0) is 13.1 Å². The molecule has 0 atom stereocenters. The lowest BCUT2D eigenvalue weighted by Gasteiger charge is -2.12. The average Bonchev–Trinajstić information content (AvgIpc) is 3.20. The number of nitrogens with zero attached hydrogens (tertiary/aromatic N) is 4. The van der Waals surface area contributed by atoms with Crippen molar-refractivity contribution in [2.24, 2.45) is 4.99 Å². The molecule has 0 radical (unpaired) electrons. The van der Waals surface area contributed by atoms with Gasteiger partial charge in [0.15, 0.2) is 5.96 Å². The lowest BCUT2D eigenvalue weighted by Crippen LogP contribution is -2.37. The van der Waals surface area contributed by atoms with E-state index in [0.29, 0.717) is 24.6 Å². The molecule has 0 fully saturated rings. The second-order valence-electron chi connectivity index (χ2n) is 5.65. The van der Waals surface area contributed by atoms with Crippen LogP contribution in [0.2, 0.25) is 0 Å². The van der Waals surface area contributed by atoms with E-state index in [-0.39, 0.29) is 5.82 Å². The number of hydrogen-bond acceptors (Lipinski definition) is 3. The monoisotopic (exact) mass is 352 g/mol. The number of hydrogen-bond donors (Lipinski definition) is 2. The molecule has 3 aromatic rings. The number of aromatic nitrogens is 3. The van der Waals surface area contributed by atoms with Crippen LogP contribution in [0.15, 0.2) is 66.2 Å². The maximum absolute atomic E-state index is 13.7. The minimum absolute atomic E-state index is 0.223. The maximum atomic E-state index is 13.7. The van der Waals surface area contributed by atoms with Gasteiger partial charge < -0.3 is 10.6 Å². The van der Waals surface area contributed by atoms with Crippen molar-refractivity contribution < 1.29 is 4.39 Å². The van der Waals surface area contributed by atoms with Crippen LogP contribution in [0.4, 0.5) is 4.39 Å². The predicted molar refractivity (Wildman–Crippen MR) is 99.4 cm³/mol. The standard InChI is InChI=1S/C19H21FN6/c1-2-22-19(24-12-16-5-3-4-6-18(16)20)23-11-15-7-9-17(10-8-15)26-14-21-13-25-26/h3-10,13-14H,2,11-12H2,1H3,(H2,22,23,24). The van der Waals surface area contributed by atoms with Gasteiger partial charge in [-0.15, -0.1) is 0 Å². The summed E-state index contributed by atoms with van der Waals surface area (Å²) in [5.41, 5.74) is 2.62. The van der Waals surface area contributed by atoms with E-state index in [0.717, 1.165) is 17.8 Å². The smallest absolute Gasteiger partial charge is 0.191 e. The zero-order valence-electron chi connectivity index (χ0n) is 14.6. The molecule has 0 bridgehead atoms. The van der Waals surface area contributed by atoms with Crippen LogP contribution in [-0.4, -0.2) is 27.3 Å². The summed E-state index contributed by atoms with van der Waals surface area (Å²) in [6.45, 7) is 3.62. The van der Waals surface area contributed by atoms with Gasteiger partial charge in [-0.1, -0.05) is 30.3 Å². The van der Waals surface area contributed by atoms with E-state index in [1.807, 2.05) is 37.3 Å². The normalized spacial score (nSPS) is 11.4. The first-order chi connectivity index (χ1) is 12.8. The summed E-state index contributed by atoms with van der Waals surface area (Å²) >= 11 is 0. The highest BCUT2D eigenvalue weighted by Crippen LogP contribution is 2.09. The first-order valence-electron chi connectivity index (χ1n) is 8.46. The summed E-state index contributed by atoms with van der Waals surface area (Å²) in [4.78, 5) is 8.50. The molecule has 134 valence electrons. The van der Waals surface area contributed by atoms with Crippen LogP contribution < -0.4 is 10.6 Å². The van der Waals surface area contributed by atoms with Crippen LogP contribution >= 0.6 is 0 Å². The molecular weight excluding hydrogens is 331 g/mol. The van der Waals surface area contributed by atoms with E-state index >= 15 is 0 Å². The summed E-state index contributed by atoms with van der Waals surface area (Å²) in [5.74, 6) is 0.427. The van der Waals surface area contributed by atoms with Gasteiger partial charge in [-0.3, -0.25) is 0 Å². The van der Waals surface area contributed by atoms with Gasteiger partial charge in [-0.05, 0) is 30.7 Å². The van der Waals surface area contributed by atoms with E-state index in [2.05, 4.69) is 25.7 Å². The number of aliphatic imine (C=N–C) groups is 1. The number of rotatable bonds is 6. The molecule has 0 saturated carbocycles. The van der Waals surface area contributed by atoms with Crippen molar-refractivity contribution in [1.82, 2.24) is 25.4 Å². The number of benzene rings is 2. The molecule has 2 N–H and O–H groups in total. The number of nitrogens with one attached hydrogen (secondary N) is 2. The summed E-state index contributed by atoms with van der Waals surface area (Å²) in [6.07, 6.45) is 3.16. The third kappa shape index (κ3) is 4.66. The molecule has 3 rings (SSSR count). The number of guanidine groups is 1. The zero-order valence-corrected chi connectivity index (χ0v) is 14.6. The topological polar surface area (TPSA) is 67.1 Å². The highest BCUT2D eigenvalue weighted by atomic mass is 19.1. The molecule has 0 unspecified atom stereocenters. The molecule has 26 heavy (non-hydrogen) atoms. The maximum Gasteiger partial charge on any atom is 0.191 e. The molecular formula is C19H21FN6. The Hall–Kier alpha value is -3.22. The van der Waals surface area contributed by atoms with Crippen molar-refractivity contribution in [3.63, 3.8) is 0 Å². The molecule has 0 spiro atoms. The SMILES string of the molecule is CCNC(=NCc1ccc(-n2cncn2)cc1)NCc1ccccc1F. The van der Waals surface area contributed by atoms with Gasteiger partial charge in [0, 0.05) is 18.7 Å². The molecule has 0 aliphatic heterocycles. The van der Waals surface area contributed by atoms with Crippen molar-refractivity contribution in [2.75, 3.05) is 6.54 Å². The Morgan fingerprint density at radius 1 is 1.12 bits per heavy atom. The first kappa shape index (κ1) is 17.6. The Labute approximate surface area is 151 Å². The summed E-state index contributed by atoms with van der Waals surface area (Å²) in [5, 5.41) is 10.4. The minimum atomic E-state index is -0.223. The van der Waals surface area contributed by atoms with Gasteiger partial charge in [0.1, 0.15) is 18.5 Å². The second-order valence-corrected chi connectivity index (χ2v) is 5.65. The molecule has 1 aromatic heterocycles. The molecule has 1 heterocycles. The van der Waals surface area contributed by atoms with Crippen LogP contribution in [0.5, 0.6) is 0 Å². The average molecular weight is 352 g/mol. The lowest BCUT2D eigenvalue weighted by atomic mass is 10.2.